The van der Waals surface area contributed by atoms with Crippen LogP contribution in [0, 0.1) is 11.3 Å². The molecule has 3 nitrogen and oxygen atoms in total. The molecule has 0 aromatic heterocycles. The molecule has 2 saturated carbocycles. The van der Waals surface area contributed by atoms with E-state index in [2.05, 4.69) is 12.1 Å². The van der Waals surface area contributed by atoms with Crippen LogP contribution in [0.1, 0.15) is 69.3 Å². The van der Waals surface area contributed by atoms with Crippen LogP contribution in [0.5, 0.6) is 0 Å². The van der Waals surface area contributed by atoms with Gasteiger partial charge in [-0.2, -0.15) is 0 Å². The molecule has 126 valence electrons. The molecule has 2 N–H and O–H groups in total. The van der Waals surface area contributed by atoms with Gasteiger partial charge >= 0.3 is 5.97 Å². The molecule has 0 heterocycles. The predicted octanol–water partition coefficient (Wildman–Crippen LogP) is 4.67. The molecule has 0 bridgehead atoms. The highest BCUT2D eigenvalue weighted by molar-refractivity contribution is 5.69. The number of benzene rings is 1. The number of methoxy groups -OCH3 is 1. The average Bonchev–Trinajstić information content (AvgIpc) is 2.59. The van der Waals surface area contributed by atoms with Gasteiger partial charge in [-0.1, -0.05) is 12.1 Å². The number of hydrogen-bond acceptors (Lipinski definition) is 3. The molecule has 3 heteroatoms. The molecule has 3 rings (SSSR count). The van der Waals surface area contributed by atoms with Gasteiger partial charge in [0.05, 0.1) is 7.11 Å². The Labute approximate surface area is 139 Å². The van der Waals surface area contributed by atoms with E-state index in [0.29, 0.717) is 23.7 Å². The molecule has 0 saturated heterocycles. The zero-order valence-electron chi connectivity index (χ0n) is 14.2. The lowest BCUT2D eigenvalue weighted by molar-refractivity contribution is -0.142. The van der Waals surface area contributed by atoms with Crippen molar-refractivity contribution in [1.29, 1.82) is 0 Å². The number of carbonyl (C=O) groups excluding carboxylic acids is 1. The predicted molar refractivity (Wildman–Crippen MR) is 93.1 cm³/mol. The minimum Gasteiger partial charge on any atom is -0.469 e. The Kier molecular flexibility index (Phi) is 4.93. The van der Waals surface area contributed by atoms with Crippen LogP contribution < -0.4 is 5.73 Å². The lowest BCUT2D eigenvalue weighted by Gasteiger charge is -2.45. The topological polar surface area (TPSA) is 52.3 Å². The standard InChI is InChI=1S/C20H29NO2/c1-23-19(22)14-15-6-10-20(11-7-15)12-8-17(9-13-20)16-2-4-18(21)5-3-16/h2-5,15,17H,6-14,21H2,1H3. The molecule has 0 aliphatic heterocycles. The van der Waals surface area contributed by atoms with Crippen LogP contribution in [0.2, 0.25) is 0 Å². The summed E-state index contributed by atoms with van der Waals surface area (Å²) >= 11 is 0. The van der Waals surface area contributed by atoms with Crippen LogP contribution in [-0.4, -0.2) is 13.1 Å². The molecule has 23 heavy (non-hydrogen) atoms. The van der Waals surface area contributed by atoms with Gasteiger partial charge in [0.1, 0.15) is 0 Å². The highest BCUT2D eigenvalue weighted by Gasteiger charge is 2.39. The Balaban J connectivity index is 1.51. The molecule has 2 aliphatic carbocycles. The second-order valence-electron chi connectivity index (χ2n) is 7.66. The third kappa shape index (κ3) is 3.88. The minimum atomic E-state index is -0.0435. The first-order chi connectivity index (χ1) is 11.1. The van der Waals surface area contributed by atoms with Crippen LogP contribution in [0.4, 0.5) is 5.69 Å². The van der Waals surface area contributed by atoms with Crippen molar-refractivity contribution in [1.82, 2.24) is 0 Å². The van der Waals surface area contributed by atoms with Crippen molar-refractivity contribution in [2.75, 3.05) is 12.8 Å². The normalized spacial score (nSPS) is 31.0. The van der Waals surface area contributed by atoms with Crippen molar-refractivity contribution in [2.24, 2.45) is 11.3 Å². The van der Waals surface area contributed by atoms with Gasteiger partial charge in [-0.05, 0) is 86.3 Å². The Hall–Kier alpha value is -1.51. The molecule has 2 fully saturated rings. The minimum absolute atomic E-state index is 0.0435. The zero-order chi connectivity index (χ0) is 16.3. The maximum absolute atomic E-state index is 11.4. The summed E-state index contributed by atoms with van der Waals surface area (Å²) in [4.78, 5) is 11.4. The molecule has 2 aliphatic rings. The number of nitrogen functional groups attached to an aromatic ring is 1. The van der Waals surface area contributed by atoms with E-state index in [1.54, 1.807) is 0 Å². The van der Waals surface area contributed by atoms with E-state index in [9.17, 15) is 4.79 Å². The number of anilines is 1. The maximum Gasteiger partial charge on any atom is 0.305 e. The van der Waals surface area contributed by atoms with E-state index in [4.69, 9.17) is 10.5 Å². The summed E-state index contributed by atoms with van der Waals surface area (Å²) in [6, 6.07) is 8.45. The third-order valence-electron chi connectivity index (χ3n) is 6.30. The SMILES string of the molecule is COC(=O)CC1CCC2(CC1)CCC(c1ccc(N)cc1)CC2. The second-order valence-corrected chi connectivity index (χ2v) is 7.66. The fourth-order valence-electron chi connectivity index (χ4n) is 4.64. The van der Waals surface area contributed by atoms with Gasteiger partial charge in [0, 0.05) is 12.1 Å². The number of ether oxygens (including phenoxy) is 1. The molecule has 0 radical (unpaired) electrons. The maximum atomic E-state index is 11.4. The smallest absolute Gasteiger partial charge is 0.305 e. The van der Waals surface area contributed by atoms with Gasteiger partial charge in [-0.25, -0.2) is 0 Å². The monoisotopic (exact) mass is 315 g/mol. The van der Waals surface area contributed by atoms with E-state index in [0.717, 1.165) is 5.69 Å². The Morgan fingerprint density at radius 3 is 2.22 bits per heavy atom. The Morgan fingerprint density at radius 1 is 1.09 bits per heavy atom. The fraction of sp³-hybridized carbons (Fsp3) is 0.650. The number of nitrogens with two attached hydrogens (primary N) is 1. The molecule has 0 amide bonds. The molecule has 1 aromatic rings. The second kappa shape index (κ2) is 6.94. The summed E-state index contributed by atoms with van der Waals surface area (Å²) < 4.78 is 4.81. The number of hydrogen-bond donors (Lipinski definition) is 1. The fourth-order valence-corrected chi connectivity index (χ4v) is 4.64. The van der Waals surface area contributed by atoms with Crippen molar-refractivity contribution in [3.63, 3.8) is 0 Å². The average molecular weight is 315 g/mol. The summed E-state index contributed by atoms with van der Waals surface area (Å²) in [5, 5.41) is 0. The van der Waals surface area contributed by atoms with E-state index in [1.807, 2.05) is 12.1 Å². The van der Waals surface area contributed by atoms with Gasteiger partial charge in [0.2, 0.25) is 0 Å². The van der Waals surface area contributed by atoms with Gasteiger partial charge in [-0.15, -0.1) is 0 Å². The first-order valence-corrected chi connectivity index (χ1v) is 9.02. The van der Waals surface area contributed by atoms with Crippen molar-refractivity contribution in [3.05, 3.63) is 29.8 Å². The Morgan fingerprint density at radius 2 is 1.65 bits per heavy atom. The van der Waals surface area contributed by atoms with Crippen LogP contribution in [0.3, 0.4) is 0 Å². The molecule has 0 atom stereocenters. The van der Waals surface area contributed by atoms with Crippen LogP contribution in [-0.2, 0) is 9.53 Å². The molecule has 0 unspecified atom stereocenters. The number of carbonyl (C=O) groups is 1. The summed E-state index contributed by atoms with van der Waals surface area (Å²) in [5.41, 5.74) is 8.65. The van der Waals surface area contributed by atoms with E-state index in [1.165, 1.54) is 64.0 Å². The van der Waals surface area contributed by atoms with E-state index >= 15 is 0 Å². The van der Waals surface area contributed by atoms with Crippen molar-refractivity contribution in [3.8, 4) is 0 Å². The summed E-state index contributed by atoms with van der Waals surface area (Å²) in [6.07, 6.45) is 10.9. The van der Waals surface area contributed by atoms with Crippen molar-refractivity contribution >= 4 is 11.7 Å². The van der Waals surface area contributed by atoms with Crippen molar-refractivity contribution < 1.29 is 9.53 Å². The summed E-state index contributed by atoms with van der Waals surface area (Å²) in [7, 11) is 1.49. The van der Waals surface area contributed by atoms with E-state index in [-0.39, 0.29) is 5.97 Å². The van der Waals surface area contributed by atoms with Crippen molar-refractivity contribution in [2.45, 2.75) is 63.7 Å². The lowest BCUT2D eigenvalue weighted by atomic mass is 9.60. The van der Waals surface area contributed by atoms with Crippen LogP contribution in [0.15, 0.2) is 24.3 Å². The quantitative estimate of drug-likeness (QED) is 0.651. The molecular weight excluding hydrogens is 286 g/mol. The first kappa shape index (κ1) is 16.4. The van der Waals surface area contributed by atoms with Crippen LogP contribution >= 0.6 is 0 Å². The Bertz CT molecular complexity index is 519. The largest absolute Gasteiger partial charge is 0.469 e. The highest BCUT2D eigenvalue weighted by Crippen LogP contribution is 2.52. The van der Waals surface area contributed by atoms with Gasteiger partial charge < -0.3 is 10.5 Å². The van der Waals surface area contributed by atoms with E-state index < -0.39 is 0 Å². The molecule has 1 aromatic carbocycles. The van der Waals surface area contributed by atoms with Gasteiger partial charge in [0.25, 0.3) is 0 Å². The lowest BCUT2D eigenvalue weighted by Crippen LogP contribution is -2.32. The van der Waals surface area contributed by atoms with Gasteiger partial charge in [0.15, 0.2) is 0 Å². The molecular formula is C20H29NO2. The van der Waals surface area contributed by atoms with Crippen LogP contribution in [0.25, 0.3) is 0 Å². The third-order valence-corrected chi connectivity index (χ3v) is 6.30. The zero-order valence-corrected chi connectivity index (χ0v) is 14.2. The first-order valence-electron chi connectivity index (χ1n) is 9.02. The van der Waals surface area contributed by atoms with Gasteiger partial charge in [-0.3, -0.25) is 4.79 Å². The summed E-state index contributed by atoms with van der Waals surface area (Å²) in [6.45, 7) is 0. The number of rotatable bonds is 3. The number of esters is 1. The summed E-state index contributed by atoms with van der Waals surface area (Å²) in [5.74, 6) is 1.20. The highest BCUT2D eigenvalue weighted by atomic mass is 16.5. The molecule has 1 spiro atoms.